The molecule has 0 aliphatic heterocycles. The Labute approximate surface area is 133 Å². The van der Waals surface area contributed by atoms with Crippen molar-refractivity contribution in [2.24, 2.45) is 5.92 Å². The summed E-state index contributed by atoms with van der Waals surface area (Å²) in [7, 11) is 0. The van der Waals surface area contributed by atoms with E-state index in [1.807, 2.05) is 33.8 Å². The third-order valence-electron chi connectivity index (χ3n) is 4.35. The zero-order chi connectivity index (χ0) is 16.8. The SMILES string of the molecule is CCC(CC)[C@@H](O)CNC(=O)C(C)(C)c1cccc(C#N)c1. The maximum atomic E-state index is 12.5. The molecule has 1 aromatic carbocycles. The molecule has 2 N–H and O–H groups in total. The maximum Gasteiger partial charge on any atom is 0.230 e. The van der Waals surface area contributed by atoms with Gasteiger partial charge < -0.3 is 10.4 Å². The number of nitriles is 1. The monoisotopic (exact) mass is 302 g/mol. The van der Waals surface area contributed by atoms with E-state index in [2.05, 4.69) is 11.4 Å². The Balaban J connectivity index is 2.76. The highest BCUT2D eigenvalue weighted by atomic mass is 16.3. The minimum atomic E-state index is -0.749. The molecule has 0 aliphatic rings. The number of hydrogen-bond donors (Lipinski definition) is 2. The summed E-state index contributed by atoms with van der Waals surface area (Å²) in [4.78, 5) is 12.5. The fourth-order valence-corrected chi connectivity index (χ4v) is 2.53. The first kappa shape index (κ1) is 18.2. The minimum absolute atomic E-state index is 0.146. The molecule has 22 heavy (non-hydrogen) atoms. The molecule has 1 amide bonds. The molecule has 0 aromatic heterocycles. The number of benzene rings is 1. The second kappa shape index (κ2) is 7.95. The number of nitrogens with zero attached hydrogens (tertiary/aromatic N) is 1. The van der Waals surface area contributed by atoms with Gasteiger partial charge in [-0.1, -0.05) is 38.8 Å². The van der Waals surface area contributed by atoms with Crippen molar-refractivity contribution in [3.8, 4) is 6.07 Å². The summed E-state index contributed by atoms with van der Waals surface area (Å²) >= 11 is 0. The summed E-state index contributed by atoms with van der Waals surface area (Å²) in [5, 5.41) is 21.9. The lowest BCUT2D eigenvalue weighted by Crippen LogP contribution is -2.44. The number of aliphatic hydroxyl groups is 1. The second-order valence-corrected chi connectivity index (χ2v) is 6.17. The Kier molecular flexibility index (Phi) is 6.58. The van der Waals surface area contributed by atoms with Crippen molar-refractivity contribution in [2.45, 2.75) is 52.1 Å². The number of hydrogen-bond acceptors (Lipinski definition) is 3. The molecule has 0 spiro atoms. The van der Waals surface area contributed by atoms with E-state index >= 15 is 0 Å². The topological polar surface area (TPSA) is 73.1 Å². The van der Waals surface area contributed by atoms with Gasteiger partial charge in [-0.05, 0) is 37.5 Å². The summed E-state index contributed by atoms with van der Waals surface area (Å²) in [6.45, 7) is 7.98. The fourth-order valence-electron chi connectivity index (χ4n) is 2.53. The molecule has 4 heteroatoms. The highest BCUT2D eigenvalue weighted by molar-refractivity contribution is 5.87. The van der Waals surface area contributed by atoms with Crippen molar-refractivity contribution in [1.82, 2.24) is 5.32 Å². The Bertz CT molecular complexity index is 542. The predicted molar refractivity (Wildman–Crippen MR) is 87.3 cm³/mol. The first-order valence-corrected chi connectivity index (χ1v) is 7.83. The molecule has 120 valence electrons. The molecular formula is C18H26N2O2. The highest BCUT2D eigenvalue weighted by Gasteiger charge is 2.30. The molecule has 0 aliphatic carbocycles. The molecule has 4 nitrogen and oxygen atoms in total. The van der Waals surface area contributed by atoms with Gasteiger partial charge in [-0.25, -0.2) is 0 Å². The number of rotatable bonds is 7. The average Bonchev–Trinajstić information content (AvgIpc) is 2.53. The van der Waals surface area contributed by atoms with E-state index in [4.69, 9.17) is 5.26 Å². The normalized spacial score (nSPS) is 12.8. The molecule has 0 saturated carbocycles. The molecular weight excluding hydrogens is 276 g/mol. The number of carbonyl (C=O) groups is 1. The summed E-state index contributed by atoms with van der Waals surface area (Å²) in [6.07, 6.45) is 1.25. The van der Waals surface area contributed by atoms with Crippen molar-refractivity contribution in [1.29, 1.82) is 5.26 Å². The number of carbonyl (C=O) groups excluding carboxylic acids is 1. The molecule has 1 aromatic rings. The van der Waals surface area contributed by atoms with Crippen LogP contribution in [0.15, 0.2) is 24.3 Å². The Morgan fingerprint density at radius 1 is 1.36 bits per heavy atom. The molecule has 1 atom stereocenters. The van der Waals surface area contributed by atoms with Gasteiger partial charge >= 0.3 is 0 Å². The molecule has 1 rings (SSSR count). The van der Waals surface area contributed by atoms with Crippen LogP contribution in [0.1, 0.15) is 51.7 Å². The van der Waals surface area contributed by atoms with Crippen LogP contribution in [0.4, 0.5) is 0 Å². The van der Waals surface area contributed by atoms with E-state index in [0.29, 0.717) is 5.56 Å². The first-order chi connectivity index (χ1) is 10.4. The summed E-state index contributed by atoms with van der Waals surface area (Å²) in [5.74, 6) is 0.0536. The fraction of sp³-hybridized carbons (Fsp3) is 0.556. The van der Waals surface area contributed by atoms with Crippen molar-refractivity contribution in [2.75, 3.05) is 6.54 Å². The van der Waals surface area contributed by atoms with Crippen molar-refractivity contribution >= 4 is 5.91 Å². The highest BCUT2D eigenvalue weighted by Crippen LogP contribution is 2.24. The van der Waals surface area contributed by atoms with Crippen LogP contribution in [0, 0.1) is 17.2 Å². The van der Waals surface area contributed by atoms with E-state index < -0.39 is 11.5 Å². The average molecular weight is 302 g/mol. The maximum absolute atomic E-state index is 12.5. The first-order valence-electron chi connectivity index (χ1n) is 7.83. The third kappa shape index (κ3) is 4.32. The standard InChI is InChI=1S/C18H26N2O2/c1-5-14(6-2)16(21)12-20-17(22)18(3,4)15-9-7-8-13(10-15)11-19/h7-10,14,16,21H,5-6,12H2,1-4H3,(H,20,22)/t16-/m0/s1. The molecule has 0 fully saturated rings. The summed E-state index contributed by atoms with van der Waals surface area (Å²) in [5.41, 5.74) is 0.581. The Morgan fingerprint density at radius 3 is 2.55 bits per heavy atom. The van der Waals surface area contributed by atoms with Gasteiger partial charge in [-0.2, -0.15) is 5.26 Å². The van der Waals surface area contributed by atoms with Crippen LogP contribution in [0.3, 0.4) is 0 Å². The van der Waals surface area contributed by atoms with E-state index in [0.717, 1.165) is 18.4 Å². The van der Waals surface area contributed by atoms with Crippen LogP contribution >= 0.6 is 0 Å². The van der Waals surface area contributed by atoms with Crippen LogP contribution in [-0.4, -0.2) is 23.7 Å². The number of nitrogens with one attached hydrogen (secondary N) is 1. The van der Waals surface area contributed by atoms with E-state index in [1.165, 1.54) is 0 Å². The van der Waals surface area contributed by atoms with E-state index in [9.17, 15) is 9.90 Å². The Hall–Kier alpha value is -1.86. The molecule has 0 radical (unpaired) electrons. The molecule has 0 saturated heterocycles. The lowest BCUT2D eigenvalue weighted by atomic mass is 9.83. The van der Waals surface area contributed by atoms with Crippen molar-refractivity contribution < 1.29 is 9.90 Å². The number of amides is 1. The van der Waals surface area contributed by atoms with Gasteiger partial charge in [-0.15, -0.1) is 0 Å². The van der Waals surface area contributed by atoms with Gasteiger partial charge in [0.1, 0.15) is 0 Å². The Morgan fingerprint density at radius 2 is 2.00 bits per heavy atom. The number of aliphatic hydroxyl groups excluding tert-OH is 1. The van der Waals surface area contributed by atoms with Crippen LogP contribution in [-0.2, 0) is 10.2 Å². The third-order valence-corrected chi connectivity index (χ3v) is 4.35. The quantitative estimate of drug-likeness (QED) is 0.813. The second-order valence-electron chi connectivity index (χ2n) is 6.17. The molecule has 0 bridgehead atoms. The zero-order valence-electron chi connectivity index (χ0n) is 13.9. The minimum Gasteiger partial charge on any atom is -0.391 e. The van der Waals surface area contributed by atoms with Gasteiger partial charge in [0, 0.05) is 6.54 Å². The van der Waals surface area contributed by atoms with Gasteiger partial charge in [0.25, 0.3) is 0 Å². The van der Waals surface area contributed by atoms with Gasteiger partial charge in [0.2, 0.25) is 5.91 Å². The lowest BCUT2D eigenvalue weighted by Gasteiger charge is -2.26. The van der Waals surface area contributed by atoms with E-state index in [1.54, 1.807) is 18.2 Å². The van der Waals surface area contributed by atoms with Crippen LogP contribution in [0.5, 0.6) is 0 Å². The van der Waals surface area contributed by atoms with Crippen LogP contribution in [0.25, 0.3) is 0 Å². The van der Waals surface area contributed by atoms with Gasteiger partial charge in [0.05, 0.1) is 23.2 Å². The summed E-state index contributed by atoms with van der Waals surface area (Å²) < 4.78 is 0. The largest absolute Gasteiger partial charge is 0.391 e. The summed E-state index contributed by atoms with van der Waals surface area (Å²) in [6, 6.07) is 9.16. The lowest BCUT2D eigenvalue weighted by molar-refractivity contribution is -0.126. The predicted octanol–water partition coefficient (Wildman–Crippen LogP) is 2.75. The van der Waals surface area contributed by atoms with Crippen LogP contribution in [0.2, 0.25) is 0 Å². The van der Waals surface area contributed by atoms with Crippen molar-refractivity contribution in [3.63, 3.8) is 0 Å². The molecule has 0 unspecified atom stereocenters. The van der Waals surface area contributed by atoms with E-state index in [-0.39, 0.29) is 18.4 Å². The van der Waals surface area contributed by atoms with Gasteiger partial charge in [-0.3, -0.25) is 4.79 Å². The molecule has 0 heterocycles. The van der Waals surface area contributed by atoms with Gasteiger partial charge in [0.15, 0.2) is 0 Å². The van der Waals surface area contributed by atoms with Crippen LogP contribution < -0.4 is 5.32 Å². The zero-order valence-corrected chi connectivity index (χ0v) is 13.9. The van der Waals surface area contributed by atoms with Crippen molar-refractivity contribution in [3.05, 3.63) is 35.4 Å². The smallest absolute Gasteiger partial charge is 0.230 e.